The Morgan fingerprint density at radius 2 is 1.68 bits per heavy atom. The van der Waals surface area contributed by atoms with Crippen LogP contribution in [0.4, 0.5) is 18.9 Å². The van der Waals surface area contributed by atoms with Crippen molar-refractivity contribution in [1.29, 1.82) is 0 Å². The standard InChI is InChI=1S/C19H21F3N2O3S/c1-28-7-6-16(17(25)23-15-9-13(21)12(20)8-14(15)22)24-18(26)10-4-2-3-5-11(10)19(24)27/h8-11,16H,2-7H2,1H3,(H,23,25). The zero-order valence-electron chi connectivity index (χ0n) is 15.3. The number of nitrogens with one attached hydrogen (secondary N) is 1. The molecule has 2 fully saturated rings. The van der Waals surface area contributed by atoms with Crippen LogP contribution in [0.3, 0.4) is 0 Å². The number of fused-ring (bicyclic) bond motifs is 1. The summed E-state index contributed by atoms with van der Waals surface area (Å²) in [5.41, 5.74) is -0.533. The Hall–Kier alpha value is -2.03. The highest BCUT2D eigenvalue weighted by Crippen LogP contribution is 2.39. The summed E-state index contributed by atoms with van der Waals surface area (Å²) < 4.78 is 40.4. The van der Waals surface area contributed by atoms with Crippen molar-refractivity contribution < 1.29 is 27.6 Å². The van der Waals surface area contributed by atoms with Gasteiger partial charge in [0.15, 0.2) is 11.6 Å². The van der Waals surface area contributed by atoms with Crippen molar-refractivity contribution in [2.75, 3.05) is 17.3 Å². The number of carbonyl (C=O) groups is 3. The minimum atomic E-state index is -1.37. The summed E-state index contributed by atoms with van der Waals surface area (Å²) in [5, 5.41) is 2.21. The summed E-state index contributed by atoms with van der Waals surface area (Å²) >= 11 is 1.43. The van der Waals surface area contributed by atoms with E-state index in [1.807, 2.05) is 6.26 Å². The number of amides is 3. The third-order valence-electron chi connectivity index (χ3n) is 5.35. The molecule has 0 aromatic heterocycles. The fraction of sp³-hybridized carbons (Fsp3) is 0.526. The zero-order chi connectivity index (χ0) is 20.4. The van der Waals surface area contributed by atoms with Gasteiger partial charge < -0.3 is 5.32 Å². The molecular formula is C19H21F3N2O3S. The molecule has 0 bridgehead atoms. The van der Waals surface area contributed by atoms with E-state index in [0.717, 1.165) is 17.7 Å². The lowest BCUT2D eigenvalue weighted by Crippen LogP contribution is -2.48. The number of halogens is 3. The van der Waals surface area contributed by atoms with E-state index in [1.54, 1.807) is 0 Å². The van der Waals surface area contributed by atoms with Crippen molar-refractivity contribution in [2.45, 2.75) is 38.1 Å². The summed E-state index contributed by atoms with van der Waals surface area (Å²) in [6, 6.07) is -0.241. The average Bonchev–Trinajstić information content (AvgIpc) is 2.92. The highest BCUT2D eigenvalue weighted by molar-refractivity contribution is 7.98. The van der Waals surface area contributed by atoms with Gasteiger partial charge in [-0.25, -0.2) is 13.2 Å². The first-order valence-corrected chi connectivity index (χ1v) is 10.6. The lowest BCUT2D eigenvalue weighted by molar-refractivity contribution is -0.146. The molecule has 1 aliphatic carbocycles. The molecule has 28 heavy (non-hydrogen) atoms. The molecule has 3 rings (SSSR count). The van der Waals surface area contributed by atoms with Crippen molar-refractivity contribution in [3.8, 4) is 0 Å². The Bertz CT molecular complexity index is 781. The number of rotatable bonds is 6. The molecule has 1 aromatic carbocycles. The number of carbonyl (C=O) groups excluding carboxylic acids is 3. The lowest BCUT2D eigenvalue weighted by atomic mass is 9.81. The Kier molecular flexibility index (Phi) is 6.32. The van der Waals surface area contributed by atoms with Crippen molar-refractivity contribution in [3.05, 3.63) is 29.6 Å². The van der Waals surface area contributed by atoms with Crippen LogP contribution in [0.15, 0.2) is 12.1 Å². The van der Waals surface area contributed by atoms with Gasteiger partial charge >= 0.3 is 0 Å². The molecule has 9 heteroatoms. The highest BCUT2D eigenvalue weighted by atomic mass is 32.2. The first kappa shape index (κ1) is 20.7. The maximum absolute atomic E-state index is 13.9. The quantitative estimate of drug-likeness (QED) is 0.573. The number of hydrogen-bond donors (Lipinski definition) is 1. The molecular weight excluding hydrogens is 393 g/mol. The summed E-state index contributed by atoms with van der Waals surface area (Å²) in [7, 11) is 0. The fourth-order valence-electron chi connectivity index (χ4n) is 3.94. The molecule has 1 saturated heterocycles. The SMILES string of the molecule is CSCCC(C(=O)Nc1cc(F)c(F)cc1F)N1C(=O)C2CCCCC2C1=O. The Morgan fingerprint density at radius 1 is 1.11 bits per heavy atom. The molecule has 5 nitrogen and oxygen atoms in total. The number of hydrogen-bond acceptors (Lipinski definition) is 4. The molecule has 1 aliphatic heterocycles. The van der Waals surface area contributed by atoms with E-state index in [-0.39, 0.29) is 18.2 Å². The third-order valence-corrected chi connectivity index (χ3v) is 6.00. The van der Waals surface area contributed by atoms with Gasteiger partial charge in [0.05, 0.1) is 17.5 Å². The van der Waals surface area contributed by atoms with E-state index in [2.05, 4.69) is 5.32 Å². The summed E-state index contributed by atoms with van der Waals surface area (Å²) in [5.74, 6) is -5.69. The Balaban J connectivity index is 1.85. The van der Waals surface area contributed by atoms with E-state index >= 15 is 0 Å². The van der Waals surface area contributed by atoms with E-state index < -0.39 is 46.9 Å². The first-order chi connectivity index (χ1) is 13.3. The number of benzene rings is 1. The predicted molar refractivity (Wildman–Crippen MR) is 99.0 cm³/mol. The maximum Gasteiger partial charge on any atom is 0.247 e. The van der Waals surface area contributed by atoms with Crippen molar-refractivity contribution in [2.24, 2.45) is 11.8 Å². The van der Waals surface area contributed by atoms with Crippen LogP contribution < -0.4 is 5.32 Å². The molecule has 0 spiro atoms. The normalized spacial score (nSPS) is 22.9. The van der Waals surface area contributed by atoms with Crippen LogP contribution in [0.1, 0.15) is 32.1 Å². The van der Waals surface area contributed by atoms with Crippen LogP contribution in [0.5, 0.6) is 0 Å². The molecule has 1 aromatic rings. The van der Waals surface area contributed by atoms with Gasteiger partial charge in [-0.05, 0) is 31.3 Å². The second-order valence-electron chi connectivity index (χ2n) is 7.08. The molecule has 3 atom stereocenters. The van der Waals surface area contributed by atoms with Gasteiger partial charge in [-0.15, -0.1) is 0 Å². The van der Waals surface area contributed by atoms with Crippen LogP contribution >= 0.6 is 11.8 Å². The van der Waals surface area contributed by atoms with E-state index in [1.165, 1.54) is 11.8 Å². The van der Waals surface area contributed by atoms with Gasteiger partial charge in [-0.3, -0.25) is 19.3 Å². The van der Waals surface area contributed by atoms with Gasteiger partial charge in [0.2, 0.25) is 17.7 Å². The lowest BCUT2D eigenvalue weighted by Gasteiger charge is -2.26. The van der Waals surface area contributed by atoms with Gasteiger partial charge in [-0.2, -0.15) is 11.8 Å². The fourth-order valence-corrected chi connectivity index (χ4v) is 4.40. The number of anilines is 1. The second-order valence-corrected chi connectivity index (χ2v) is 8.06. The topological polar surface area (TPSA) is 66.5 Å². The molecule has 152 valence electrons. The maximum atomic E-state index is 13.9. The monoisotopic (exact) mass is 414 g/mol. The predicted octanol–water partition coefficient (Wildman–Crippen LogP) is 3.34. The van der Waals surface area contributed by atoms with E-state index in [9.17, 15) is 27.6 Å². The van der Waals surface area contributed by atoms with Gasteiger partial charge in [0, 0.05) is 12.1 Å². The number of likely N-dealkylation sites (tertiary alicyclic amines) is 1. The molecule has 3 unspecified atom stereocenters. The Labute approximate surface area is 165 Å². The molecule has 1 heterocycles. The third kappa shape index (κ3) is 3.90. The number of imide groups is 1. The van der Waals surface area contributed by atoms with Crippen LogP contribution in [0.25, 0.3) is 0 Å². The van der Waals surface area contributed by atoms with Crippen LogP contribution in [0, 0.1) is 29.3 Å². The Morgan fingerprint density at radius 3 is 2.25 bits per heavy atom. The zero-order valence-corrected chi connectivity index (χ0v) is 16.2. The van der Waals surface area contributed by atoms with Gasteiger partial charge in [0.25, 0.3) is 0 Å². The largest absolute Gasteiger partial charge is 0.322 e. The van der Waals surface area contributed by atoms with Crippen LogP contribution in [-0.4, -0.2) is 40.7 Å². The summed E-state index contributed by atoms with van der Waals surface area (Å²) in [6.07, 6.45) is 4.94. The molecule has 0 radical (unpaired) electrons. The minimum Gasteiger partial charge on any atom is -0.322 e. The summed E-state index contributed by atoms with van der Waals surface area (Å²) in [6.45, 7) is 0. The summed E-state index contributed by atoms with van der Waals surface area (Å²) in [4.78, 5) is 39.4. The van der Waals surface area contributed by atoms with E-state index in [0.29, 0.717) is 30.7 Å². The average molecular weight is 414 g/mol. The second kappa shape index (κ2) is 8.55. The van der Waals surface area contributed by atoms with Crippen molar-refractivity contribution >= 4 is 35.2 Å². The van der Waals surface area contributed by atoms with E-state index in [4.69, 9.17) is 0 Å². The van der Waals surface area contributed by atoms with Crippen LogP contribution in [-0.2, 0) is 14.4 Å². The van der Waals surface area contributed by atoms with Crippen molar-refractivity contribution in [1.82, 2.24) is 4.90 Å². The molecule has 1 N–H and O–H groups in total. The van der Waals surface area contributed by atoms with Crippen LogP contribution in [0.2, 0.25) is 0 Å². The van der Waals surface area contributed by atoms with Gasteiger partial charge in [-0.1, -0.05) is 12.8 Å². The van der Waals surface area contributed by atoms with Gasteiger partial charge in [0.1, 0.15) is 11.9 Å². The number of thioether (sulfide) groups is 1. The minimum absolute atomic E-state index is 0.190. The number of nitrogens with zero attached hydrogens (tertiary/aromatic N) is 1. The van der Waals surface area contributed by atoms with Crippen molar-refractivity contribution in [3.63, 3.8) is 0 Å². The highest BCUT2D eigenvalue weighted by Gasteiger charge is 2.51. The molecule has 3 amide bonds. The smallest absolute Gasteiger partial charge is 0.247 e. The molecule has 1 saturated carbocycles. The first-order valence-electron chi connectivity index (χ1n) is 9.16. The molecule has 2 aliphatic rings.